The van der Waals surface area contributed by atoms with E-state index in [-0.39, 0.29) is 18.2 Å². The van der Waals surface area contributed by atoms with Gasteiger partial charge in [0.15, 0.2) is 0 Å². The van der Waals surface area contributed by atoms with E-state index in [9.17, 15) is 9.59 Å². The molecule has 2 amide bonds. The summed E-state index contributed by atoms with van der Waals surface area (Å²) in [5, 5.41) is 6.61. The molecular weight excluding hydrogens is 316 g/mol. The van der Waals surface area contributed by atoms with Crippen LogP contribution in [0.25, 0.3) is 10.9 Å². The van der Waals surface area contributed by atoms with Gasteiger partial charge in [0.2, 0.25) is 11.8 Å². The summed E-state index contributed by atoms with van der Waals surface area (Å²) in [6.07, 6.45) is 5.71. The number of para-hydroxylation sites is 1. The lowest BCUT2D eigenvalue weighted by Gasteiger charge is -2.06. The van der Waals surface area contributed by atoms with Gasteiger partial charge in [0.1, 0.15) is 0 Å². The Balaban J connectivity index is 1.49. The Morgan fingerprint density at radius 3 is 2.76 bits per heavy atom. The highest BCUT2D eigenvalue weighted by atomic mass is 16.2. The second-order valence-electron chi connectivity index (χ2n) is 5.85. The molecule has 0 aliphatic heterocycles. The van der Waals surface area contributed by atoms with E-state index in [0.29, 0.717) is 18.7 Å². The average molecular weight is 336 g/mol. The maximum Gasteiger partial charge on any atom is 0.226 e. The van der Waals surface area contributed by atoms with Crippen LogP contribution in [0.15, 0.2) is 55.0 Å². The zero-order valence-corrected chi connectivity index (χ0v) is 14.0. The Bertz CT molecular complexity index is 887. The number of aryl methyl sites for hydroxylation is 1. The van der Waals surface area contributed by atoms with Crippen molar-refractivity contribution in [2.75, 3.05) is 11.9 Å². The number of rotatable bonds is 6. The Labute approximate surface area is 145 Å². The summed E-state index contributed by atoms with van der Waals surface area (Å²) < 4.78 is 2.01. The maximum absolute atomic E-state index is 12.1. The van der Waals surface area contributed by atoms with E-state index in [1.54, 1.807) is 24.5 Å². The lowest BCUT2D eigenvalue weighted by Crippen LogP contribution is -2.28. The third-order valence-corrected chi connectivity index (χ3v) is 3.95. The zero-order chi connectivity index (χ0) is 17.6. The minimum Gasteiger partial charge on any atom is -0.355 e. The molecule has 0 radical (unpaired) electrons. The number of nitrogens with zero attached hydrogens (tertiary/aromatic N) is 2. The summed E-state index contributed by atoms with van der Waals surface area (Å²) >= 11 is 0. The van der Waals surface area contributed by atoms with Crippen molar-refractivity contribution in [2.24, 2.45) is 7.05 Å². The lowest BCUT2D eigenvalue weighted by atomic mass is 10.1. The van der Waals surface area contributed by atoms with Crippen LogP contribution in [0.5, 0.6) is 0 Å². The fourth-order valence-electron chi connectivity index (χ4n) is 2.78. The molecule has 0 spiro atoms. The molecule has 6 nitrogen and oxygen atoms in total. The first-order valence-electron chi connectivity index (χ1n) is 8.13. The molecule has 2 aromatic heterocycles. The first-order valence-corrected chi connectivity index (χ1v) is 8.13. The van der Waals surface area contributed by atoms with E-state index >= 15 is 0 Å². The van der Waals surface area contributed by atoms with Gasteiger partial charge in [0, 0.05) is 43.3 Å². The van der Waals surface area contributed by atoms with Crippen LogP contribution in [0.4, 0.5) is 5.69 Å². The van der Waals surface area contributed by atoms with Crippen LogP contribution in [0.3, 0.4) is 0 Å². The molecular formula is C19H20N4O2. The largest absolute Gasteiger partial charge is 0.355 e. The van der Waals surface area contributed by atoms with Gasteiger partial charge in [-0.1, -0.05) is 18.2 Å². The van der Waals surface area contributed by atoms with Crippen LogP contribution in [-0.2, 0) is 23.1 Å². The number of hydrogen-bond acceptors (Lipinski definition) is 3. The van der Waals surface area contributed by atoms with Crippen LogP contribution in [0.2, 0.25) is 0 Å². The number of benzene rings is 1. The van der Waals surface area contributed by atoms with Gasteiger partial charge in [-0.25, -0.2) is 0 Å². The molecule has 3 aromatic rings. The fraction of sp³-hybridized carbons (Fsp3) is 0.211. The lowest BCUT2D eigenvalue weighted by molar-refractivity contribution is -0.120. The Kier molecular flexibility index (Phi) is 5.09. The van der Waals surface area contributed by atoms with Crippen molar-refractivity contribution in [3.8, 4) is 0 Å². The van der Waals surface area contributed by atoms with Gasteiger partial charge < -0.3 is 15.2 Å². The van der Waals surface area contributed by atoms with Crippen molar-refractivity contribution < 1.29 is 9.59 Å². The minimum absolute atomic E-state index is 0.0921. The molecule has 25 heavy (non-hydrogen) atoms. The first-order chi connectivity index (χ1) is 12.1. The molecule has 2 heterocycles. The highest BCUT2D eigenvalue weighted by Gasteiger charge is 2.10. The van der Waals surface area contributed by atoms with Gasteiger partial charge >= 0.3 is 0 Å². The third-order valence-electron chi connectivity index (χ3n) is 3.95. The number of nitrogens with one attached hydrogen (secondary N) is 2. The Morgan fingerprint density at radius 1 is 1.12 bits per heavy atom. The molecule has 0 aliphatic rings. The molecule has 0 saturated carbocycles. The third kappa shape index (κ3) is 4.23. The van der Waals surface area contributed by atoms with E-state index in [4.69, 9.17) is 0 Å². The number of amides is 2. The standard InChI is InChI=1S/C19H20N4O2/c1-23-13-14(16-6-2-3-7-17(16)23)11-19(25)21-10-8-18(24)22-15-5-4-9-20-12-15/h2-7,9,12-13H,8,10-11H2,1H3,(H,21,25)(H,22,24). The van der Waals surface area contributed by atoms with Crippen LogP contribution >= 0.6 is 0 Å². The van der Waals surface area contributed by atoms with E-state index in [1.807, 2.05) is 42.1 Å². The predicted molar refractivity (Wildman–Crippen MR) is 97.1 cm³/mol. The number of aromatic nitrogens is 2. The molecule has 0 fully saturated rings. The normalized spacial score (nSPS) is 10.6. The Morgan fingerprint density at radius 2 is 1.96 bits per heavy atom. The van der Waals surface area contributed by atoms with E-state index < -0.39 is 0 Å². The summed E-state index contributed by atoms with van der Waals surface area (Å²) in [7, 11) is 1.96. The highest BCUT2D eigenvalue weighted by molar-refractivity contribution is 5.91. The predicted octanol–water partition coefficient (Wildman–Crippen LogP) is 2.26. The van der Waals surface area contributed by atoms with Crippen molar-refractivity contribution in [1.82, 2.24) is 14.9 Å². The topological polar surface area (TPSA) is 76.0 Å². The van der Waals surface area contributed by atoms with Crippen molar-refractivity contribution in [1.29, 1.82) is 0 Å². The summed E-state index contributed by atoms with van der Waals surface area (Å²) in [6.45, 7) is 0.301. The molecule has 3 rings (SSSR count). The first kappa shape index (κ1) is 16.7. The van der Waals surface area contributed by atoms with Gasteiger partial charge in [-0.15, -0.1) is 0 Å². The number of hydrogen-bond donors (Lipinski definition) is 2. The molecule has 0 unspecified atom stereocenters. The summed E-state index contributed by atoms with van der Waals surface area (Å²) in [5.74, 6) is -0.246. The van der Waals surface area contributed by atoms with Crippen LogP contribution in [0.1, 0.15) is 12.0 Å². The smallest absolute Gasteiger partial charge is 0.226 e. The van der Waals surface area contributed by atoms with Crippen LogP contribution in [0, 0.1) is 0 Å². The van der Waals surface area contributed by atoms with Crippen LogP contribution in [-0.4, -0.2) is 27.9 Å². The molecule has 1 aromatic carbocycles. The van der Waals surface area contributed by atoms with Crippen molar-refractivity contribution in [3.63, 3.8) is 0 Å². The fourth-order valence-corrected chi connectivity index (χ4v) is 2.78. The van der Waals surface area contributed by atoms with E-state index in [1.165, 1.54) is 0 Å². The monoisotopic (exact) mass is 336 g/mol. The van der Waals surface area contributed by atoms with Crippen molar-refractivity contribution in [2.45, 2.75) is 12.8 Å². The number of fused-ring (bicyclic) bond motifs is 1. The van der Waals surface area contributed by atoms with Gasteiger partial charge in [-0.2, -0.15) is 0 Å². The molecule has 0 saturated heterocycles. The number of carbonyl (C=O) groups is 2. The quantitative estimate of drug-likeness (QED) is 0.725. The second-order valence-corrected chi connectivity index (χ2v) is 5.85. The van der Waals surface area contributed by atoms with Gasteiger partial charge in [-0.3, -0.25) is 14.6 Å². The van der Waals surface area contributed by atoms with Gasteiger partial charge in [-0.05, 0) is 23.8 Å². The molecule has 6 heteroatoms. The second kappa shape index (κ2) is 7.61. The zero-order valence-electron chi connectivity index (χ0n) is 14.0. The van der Waals surface area contributed by atoms with Crippen molar-refractivity contribution >= 4 is 28.4 Å². The number of carbonyl (C=O) groups excluding carboxylic acids is 2. The van der Waals surface area contributed by atoms with E-state index in [0.717, 1.165) is 16.5 Å². The van der Waals surface area contributed by atoms with Gasteiger partial charge in [0.05, 0.1) is 18.3 Å². The molecule has 128 valence electrons. The van der Waals surface area contributed by atoms with Gasteiger partial charge in [0.25, 0.3) is 0 Å². The average Bonchev–Trinajstić information content (AvgIpc) is 2.92. The van der Waals surface area contributed by atoms with E-state index in [2.05, 4.69) is 15.6 Å². The summed E-state index contributed by atoms with van der Waals surface area (Å²) in [6, 6.07) is 11.5. The minimum atomic E-state index is -0.154. The summed E-state index contributed by atoms with van der Waals surface area (Å²) in [4.78, 5) is 27.9. The number of anilines is 1. The molecule has 0 aliphatic carbocycles. The van der Waals surface area contributed by atoms with Crippen LogP contribution < -0.4 is 10.6 Å². The maximum atomic E-state index is 12.1. The SMILES string of the molecule is Cn1cc(CC(=O)NCCC(=O)Nc2cccnc2)c2ccccc21. The van der Waals surface area contributed by atoms with Crippen molar-refractivity contribution in [3.05, 3.63) is 60.6 Å². The highest BCUT2D eigenvalue weighted by Crippen LogP contribution is 2.20. The molecule has 0 bridgehead atoms. The Hall–Kier alpha value is -3.15. The number of pyridine rings is 1. The molecule has 0 atom stereocenters. The summed E-state index contributed by atoms with van der Waals surface area (Å²) in [5.41, 5.74) is 2.73. The molecule has 2 N–H and O–H groups in total.